The third-order valence-electron chi connectivity index (χ3n) is 1.47. The molecule has 0 saturated carbocycles. The summed E-state index contributed by atoms with van der Waals surface area (Å²) in [6.45, 7) is 1.47. The van der Waals surface area contributed by atoms with Crippen LogP contribution in [0.3, 0.4) is 0 Å². The Bertz CT molecular complexity index is 348. The van der Waals surface area contributed by atoms with E-state index in [1.807, 2.05) is 0 Å². The topological polar surface area (TPSA) is 9.23 Å². The highest BCUT2D eigenvalue weighted by molar-refractivity contribution is 6.31. The molecule has 1 aromatic carbocycles. The van der Waals surface area contributed by atoms with Gasteiger partial charge in [-0.3, -0.25) is 0 Å². The zero-order valence-corrected chi connectivity index (χ0v) is 7.71. The van der Waals surface area contributed by atoms with Gasteiger partial charge in [-0.05, 0) is 18.6 Å². The van der Waals surface area contributed by atoms with Crippen LogP contribution in [-0.4, -0.2) is 6.36 Å². The maximum absolute atomic E-state index is 13.0. The van der Waals surface area contributed by atoms with Crippen molar-refractivity contribution >= 4 is 11.6 Å². The summed E-state index contributed by atoms with van der Waals surface area (Å²) in [5, 5.41) is -0.369. The Hall–Kier alpha value is -0.970. The average Bonchev–Trinajstić information content (AvgIpc) is 2.04. The third-order valence-corrected chi connectivity index (χ3v) is 1.93. The Balaban J connectivity index is 3.06. The van der Waals surface area contributed by atoms with Crippen molar-refractivity contribution in [3.63, 3.8) is 0 Å². The lowest BCUT2D eigenvalue weighted by molar-refractivity contribution is -0.275. The van der Waals surface area contributed by atoms with E-state index in [2.05, 4.69) is 4.74 Å². The smallest absolute Gasteiger partial charge is 0.403 e. The van der Waals surface area contributed by atoms with Gasteiger partial charge in [0.05, 0.1) is 5.02 Å². The van der Waals surface area contributed by atoms with Gasteiger partial charge in [0.25, 0.3) is 0 Å². The number of benzene rings is 1. The number of alkyl halides is 3. The van der Waals surface area contributed by atoms with E-state index in [0.29, 0.717) is 5.56 Å². The molecule has 0 heterocycles. The highest BCUT2D eigenvalue weighted by Gasteiger charge is 2.32. The van der Waals surface area contributed by atoms with Gasteiger partial charge in [0.1, 0.15) is 0 Å². The van der Waals surface area contributed by atoms with Crippen molar-refractivity contribution in [2.45, 2.75) is 13.3 Å². The highest BCUT2D eigenvalue weighted by atomic mass is 35.5. The van der Waals surface area contributed by atoms with Crippen LogP contribution in [0.1, 0.15) is 5.56 Å². The van der Waals surface area contributed by atoms with E-state index in [0.717, 1.165) is 6.07 Å². The molecule has 1 aromatic rings. The molecule has 0 N–H and O–H groups in total. The van der Waals surface area contributed by atoms with E-state index in [9.17, 15) is 17.6 Å². The van der Waals surface area contributed by atoms with E-state index in [1.54, 1.807) is 0 Å². The van der Waals surface area contributed by atoms with Crippen LogP contribution in [0.5, 0.6) is 5.75 Å². The van der Waals surface area contributed by atoms with Gasteiger partial charge in [-0.15, -0.1) is 13.2 Å². The van der Waals surface area contributed by atoms with Crippen molar-refractivity contribution in [2.24, 2.45) is 0 Å². The van der Waals surface area contributed by atoms with Crippen molar-refractivity contribution in [1.82, 2.24) is 0 Å². The SMILES string of the molecule is Cc1ccc(OC(F)(F)F)c(F)c1Cl. The van der Waals surface area contributed by atoms with Crippen molar-refractivity contribution in [1.29, 1.82) is 0 Å². The van der Waals surface area contributed by atoms with Gasteiger partial charge in [-0.25, -0.2) is 4.39 Å². The number of halogens is 5. The fourth-order valence-corrected chi connectivity index (χ4v) is 0.988. The minimum absolute atomic E-state index is 0.346. The number of hydrogen-bond donors (Lipinski definition) is 0. The molecule has 0 bridgehead atoms. The van der Waals surface area contributed by atoms with Crippen LogP contribution in [0.15, 0.2) is 12.1 Å². The Morgan fingerprint density at radius 2 is 1.86 bits per heavy atom. The minimum Gasteiger partial charge on any atom is -0.403 e. The van der Waals surface area contributed by atoms with Gasteiger partial charge in [0, 0.05) is 0 Å². The number of ether oxygens (including phenoxy) is 1. The monoisotopic (exact) mass is 228 g/mol. The predicted octanol–water partition coefficient (Wildman–Crippen LogP) is 3.69. The van der Waals surface area contributed by atoms with Crippen molar-refractivity contribution < 1.29 is 22.3 Å². The average molecular weight is 229 g/mol. The summed E-state index contributed by atoms with van der Waals surface area (Å²) in [5.74, 6) is -2.13. The number of rotatable bonds is 1. The van der Waals surface area contributed by atoms with Crippen molar-refractivity contribution in [3.8, 4) is 5.75 Å². The molecule has 0 radical (unpaired) electrons. The maximum atomic E-state index is 13.0. The second kappa shape index (κ2) is 3.65. The number of hydrogen-bond acceptors (Lipinski definition) is 1. The lowest BCUT2D eigenvalue weighted by Gasteiger charge is -2.10. The molecule has 0 aromatic heterocycles. The maximum Gasteiger partial charge on any atom is 0.573 e. The molecule has 0 fully saturated rings. The van der Waals surface area contributed by atoms with Crippen LogP contribution in [0, 0.1) is 12.7 Å². The number of aryl methyl sites for hydroxylation is 1. The summed E-state index contributed by atoms with van der Waals surface area (Å²) in [5.41, 5.74) is 0.346. The first-order chi connectivity index (χ1) is 6.31. The minimum atomic E-state index is -4.92. The highest BCUT2D eigenvalue weighted by Crippen LogP contribution is 2.31. The zero-order chi connectivity index (χ0) is 10.9. The van der Waals surface area contributed by atoms with Gasteiger partial charge < -0.3 is 4.74 Å². The molecular weight excluding hydrogens is 224 g/mol. The molecule has 0 aliphatic heterocycles. The molecule has 1 rings (SSSR count). The van der Waals surface area contributed by atoms with Crippen molar-refractivity contribution in [2.75, 3.05) is 0 Å². The summed E-state index contributed by atoms with van der Waals surface area (Å²) < 4.78 is 51.6. The summed E-state index contributed by atoms with van der Waals surface area (Å²) in [7, 11) is 0. The summed E-state index contributed by atoms with van der Waals surface area (Å²) in [4.78, 5) is 0. The molecule has 0 atom stereocenters. The molecule has 0 aliphatic carbocycles. The molecule has 0 aliphatic rings. The normalized spacial score (nSPS) is 11.6. The first kappa shape index (κ1) is 11.1. The van der Waals surface area contributed by atoms with E-state index in [-0.39, 0.29) is 5.02 Å². The lowest BCUT2D eigenvalue weighted by atomic mass is 10.2. The van der Waals surface area contributed by atoms with Crippen LogP contribution in [0.4, 0.5) is 17.6 Å². The quantitative estimate of drug-likeness (QED) is 0.666. The molecule has 14 heavy (non-hydrogen) atoms. The zero-order valence-electron chi connectivity index (χ0n) is 6.95. The summed E-state index contributed by atoms with van der Waals surface area (Å²) in [6.07, 6.45) is -4.92. The first-order valence-electron chi connectivity index (χ1n) is 3.51. The molecule has 6 heteroatoms. The van der Waals surface area contributed by atoms with E-state index >= 15 is 0 Å². The van der Waals surface area contributed by atoms with Crippen LogP contribution in [-0.2, 0) is 0 Å². The van der Waals surface area contributed by atoms with Gasteiger partial charge >= 0.3 is 6.36 Å². The Morgan fingerprint density at radius 1 is 1.29 bits per heavy atom. The molecule has 0 spiro atoms. The van der Waals surface area contributed by atoms with Crippen LogP contribution in [0.2, 0.25) is 5.02 Å². The second-order valence-electron chi connectivity index (χ2n) is 2.56. The molecule has 1 nitrogen and oxygen atoms in total. The fraction of sp³-hybridized carbons (Fsp3) is 0.250. The first-order valence-corrected chi connectivity index (χ1v) is 3.89. The Morgan fingerprint density at radius 3 is 2.36 bits per heavy atom. The molecule has 0 saturated heterocycles. The van der Waals surface area contributed by atoms with Gasteiger partial charge in [-0.2, -0.15) is 0 Å². The van der Waals surface area contributed by atoms with Gasteiger partial charge in [0.2, 0.25) is 0 Å². The second-order valence-corrected chi connectivity index (χ2v) is 2.93. The van der Waals surface area contributed by atoms with E-state index in [1.165, 1.54) is 13.0 Å². The molecule has 0 unspecified atom stereocenters. The largest absolute Gasteiger partial charge is 0.573 e. The molecular formula is C8H5ClF4O. The molecule has 0 amide bonds. The van der Waals surface area contributed by atoms with Crippen molar-refractivity contribution in [3.05, 3.63) is 28.5 Å². The van der Waals surface area contributed by atoms with Crippen LogP contribution in [0.25, 0.3) is 0 Å². The third kappa shape index (κ3) is 2.51. The van der Waals surface area contributed by atoms with Crippen LogP contribution >= 0.6 is 11.6 Å². The standard InChI is InChI=1S/C8H5ClF4O/c1-4-2-3-5(7(10)6(4)9)14-8(11,12)13/h2-3H,1H3. The fourth-order valence-electron chi connectivity index (χ4n) is 0.832. The lowest BCUT2D eigenvalue weighted by Crippen LogP contribution is -2.18. The Labute approximate surface area is 82.2 Å². The van der Waals surface area contributed by atoms with Crippen LogP contribution < -0.4 is 4.74 Å². The summed E-state index contributed by atoms with van der Waals surface area (Å²) in [6, 6.07) is 2.12. The molecule has 78 valence electrons. The van der Waals surface area contributed by atoms with E-state index < -0.39 is 17.9 Å². The Kier molecular flexibility index (Phi) is 2.89. The summed E-state index contributed by atoms with van der Waals surface area (Å²) >= 11 is 5.39. The predicted molar refractivity (Wildman–Crippen MR) is 42.8 cm³/mol. The van der Waals surface area contributed by atoms with Gasteiger partial charge in [0.15, 0.2) is 11.6 Å². The van der Waals surface area contributed by atoms with Gasteiger partial charge in [-0.1, -0.05) is 17.7 Å². The van der Waals surface area contributed by atoms with E-state index in [4.69, 9.17) is 11.6 Å².